The quantitative estimate of drug-likeness (QED) is 0.887. The maximum atomic E-state index is 12.3. The fraction of sp³-hybridized carbons (Fsp3) is 0.643. The number of rotatable bonds is 4. The Balaban J connectivity index is 1.90. The Morgan fingerprint density at radius 3 is 2.45 bits per heavy atom. The molecule has 20 heavy (non-hydrogen) atoms. The monoisotopic (exact) mass is 277 g/mol. The van der Waals surface area contributed by atoms with Crippen molar-refractivity contribution in [3.63, 3.8) is 0 Å². The minimum atomic E-state index is -0.0237. The second-order valence-electron chi connectivity index (χ2n) is 5.54. The highest BCUT2D eigenvalue weighted by Crippen LogP contribution is 2.09. The molecule has 1 saturated heterocycles. The molecule has 0 spiro atoms. The first kappa shape index (κ1) is 14.7. The molecule has 110 valence electrons. The largest absolute Gasteiger partial charge is 0.372 e. The van der Waals surface area contributed by atoms with E-state index < -0.39 is 0 Å². The number of hydrogen-bond acceptors (Lipinski definition) is 5. The molecule has 0 aliphatic carbocycles. The number of nitrogens with one attached hydrogen (secondary N) is 1. The van der Waals surface area contributed by atoms with Crippen molar-refractivity contribution >= 4 is 11.7 Å². The van der Waals surface area contributed by atoms with Gasteiger partial charge >= 0.3 is 0 Å². The average molecular weight is 277 g/mol. The van der Waals surface area contributed by atoms with Crippen molar-refractivity contribution in [2.75, 3.05) is 45.1 Å². The van der Waals surface area contributed by atoms with Crippen molar-refractivity contribution < 1.29 is 4.79 Å². The van der Waals surface area contributed by atoms with Gasteiger partial charge in [-0.25, -0.2) is 0 Å². The highest BCUT2D eigenvalue weighted by Gasteiger charge is 2.23. The van der Waals surface area contributed by atoms with Crippen LogP contribution in [0, 0.1) is 5.92 Å². The van der Waals surface area contributed by atoms with Crippen molar-refractivity contribution in [2.45, 2.75) is 13.8 Å². The first-order chi connectivity index (χ1) is 9.60. The molecule has 0 atom stereocenters. The number of carbonyl (C=O) groups is 1. The first-order valence-electron chi connectivity index (χ1n) is 7.13. The first-order valence-corrected chi connectivity index (χ1v) is 7.13. The number of carbonyl (C=O) groups excluding carboxylic acids is 1. The van der Waals surface area contributed by atoms with E-state index in [0.717, 1.165) is 32.7 Å². The van der Waals surface area contributed by atoms with Gasteiger partial charge in [0.25, 0.3) is 5.91 Å². The van der Waals surface area contributed by atoms with Crippen molar-refractivity contribution in [3.05, 3.63) is 17.8 Å². The summed E-state index contributed by atoms with van der Waals surface area (Å²) in [6.45, 7) is 8.94. The summed E-state index contributed by atoms with van der Waals surface area (Å²) in [6.07, 6.45) is 0. The fourth-order valence-corrected chi connectivity index (χ4v) is 2.39. The molecule has 0 saturated carbocycles. The van der Waals surface area contributed by atoms with Crippen LogP contribution in [0.1, 0.15) is 24.3 Å². The molecule has 1 aliphatic rings. The Labute approximate surface area is 120 Å². The van der Waals surface area contributed by atoms with Gasteiger partial charge < -0.3 is 10.2 Å². The molecule has 6 heteroatoms. The summed E-state index contributed by atoms with van der Waals surface area (Å²) in [5.41, 5.74) is 0.418. The van der Waals surface area contributed by atoms with Crippen LogP contribution in [0.15, 0.2) is 12.1 Å². The predicted molar refractivity (Wildman–Crippen MR) is 78.8 cm³/mol. The second-order valence-corrected chi connectivity index (χ2v) is 5.54. The SMILES string of the molecule is CNc1ccc(C(=O)N2CCN(CC(C)C)CC2)nn1. The van der Waals surface area contributed by atoms with Crippen LogP contribution in [-0.4, -0.2) is 65.7 Å². The van der Waals surface area contributed by atoms with Crippen LogP contribution >= 0.6 is 0 Å². The predicted octanol–water partition coefficient (Wildman–Crippen LogP) is 0.932. The van der Waals surface area contributed by atoms with Crippen LogP contribution < -0.4 is 5.32 Å². The van der Waals surface area contributed by atoms with E-state index in [9.17, 15) is 4.79 Å². The maximum Gasteiger partial charge on any atom is 0.274 e. The number of amides is 1. The van der Waals surface area contributed by atoms with E-state index in [-0.39, 0.29) is 5.91 Å². The van der Waals surface area contributed by atoms with Crippen molar-refractivity contribution in [1.82, 2.24) is 20.0 Å². The third kappa shape index (κ3) is 3.66. The van der Waals surface area contributed by atoms with Crippen LogP contribution in [0.5, 0.6) is 0 Å². The van der Waals surface area contributed by atoms with Crippen LogP contribution in [0.25, 0.3) is 0 Å². The smallest absolute Gasteiger partial charge is 0.274 e. The Morgan fingerprint density at radius 2 is 1.95 bits per heavy atom. The van der Waals surface area contributed by atoms with Crippen LogP contribution in [0.3, 0.4) is 0 Å². The van der Waals surface area contributed by atoms with E-state index in [1.807, 2.05) is 4.90 Å². The number of aromatic nitrogens is 2. The van der Waals surface area contributed by atoms with Gasteiger partial charge in [0.1, 0.15) is 5.82 Å². The zero-order valence-electron chi connectivity index (χ0n) is 12.5. The van der Waals surface area contributed by atoms with Crippen LogP contribution in [0.4, 0.5) is 5.82 Å². The normalized spacial score (nSPS) is 16.5. The molecule has 1 amide bonds. The summed E-state index contributed by atoms with van der Waals surface area (Å²) < 4.78 is 0. The summed E-state index contributed by atoms with van der Waals surface area (Å²) in [5, 5.41) is 10.8. The van der Waals surface area contributed by atoms with Gasteiger partial charge in [-0.05, 0) is 18.1 Å². The topological polar surface area (TPSA) is 61.4 Å². The van der Waals surface area contributed by atoms with Gasteiger partial charge in [0.15, 0.2) is 5.69 Å². The van der Waals surface area contributed by atoms with Crippen LogP contribution in [0.2, 0.25) is 0 Å². The number of piperazine rings is 1. The van der Waals surface area contributed by atoms with Gasteiger partial charge in [0.05, 0.1) is 0 Å². The summed E-state index contributed by atoms with van der Waals surface area (Å²) in [5.74, 6) is 1.31. The van der Waals surface area contributed by atoms with E-state index in [1.165, 1.54) is 0 Å². The van der Waals surface area contributed by atoms with Gasteiger partial charge in [0.2, 0.25) is 0 Å². The zero-order chi connectivity index (χ0) is 14.5. The Kier molecular flexibility index (Phi) is 4.89. The van der Waals surface area contributed by atoms with Crippen molar-refractivity contribution in [2.24, 2.45) is 5.92 Å². The maximum absolute atomic E-state index is 12.3. The third-order valence-electron chi connectivity index (χ3n) is 3.42. The lowest BCUT2D eigenvalue weighted by Gasteiger charge is -2.35. The van der Waals surface area contributed by atoms with E-state index in [2.05, 4.69) is 34.3 Å². The lowest BCUT2D eigenvalue weighted by atomic mass is 10.2. The molecule has 0 bridgehead atoms. The van der Waals surface area contributed by atoms with E-state index in [1.54, 1.807) is 19.2 Å². The second kappa shape index (κ2) is 6.65. The minimum absolute atomic E-state index is 0.0237. The van der Waals surface area contributed by atoms with Gasteiger partial charge in [-0.3, -0.25) is 9.69 Å². The number of hydrogen-bond donors (Lipinski definition) is 1. The molecule has 2 heterocycles. The van der Waals surface area contributed by atoms with Crippen molar-refractivity contribution in [3.8, 4) is 0 Å². The van der Waals surface area contributed by atoms with Gasteiger partial charge in [-0.1, -0.05) is 13.8 Å². The lowest BCUT2D eigenvalue weighted by Crippen LogP contribution is -2.49. The Bertz CT molecular complexity index is 437. The van der Waals surface area contributed by atoms with Gasteiger partial charge in [-0.2, -0.15) is 0 Å². The highest BCUT2D eigenvalue weighted by atomic mass is 16.2. The van der Waals surface area contributed by atoms with E-state index in [4.69, 9.17) is 0 Å². The summed E-state index contributed by atoms with van der Waals surface area (Å²) in [6, 6.07) is 3.50. The molecule has 6 nitrogen and oxygen atoms in total. The molecule has 1 aromatic heterocycles. The highest BCUT2D eigenvalue weighted by molar-refractivity contribution is 5.92. The van der Waals surface area contributed by atoms with Crippen molar-refractivity contribution in [1.29, 1.82) is 0 Å². The van der Waals surface area contributed by atoms with Gasteiger partial charge in [0, 0.05) is 39.8 Å². The summed E-state index contributed by atoms with van der Waals surface area (Å²) in [7, 11) is 1.78. The molecular formula is C14H23N5O. The molecule has 1 N–H and O–H groups in total. The molecule has 0 unspecified atom stereocenters. The molecule has 1 fully saturated rings. The lowest BCUT2D eigenvalue weighted by molar-refractivity contribution is 0.0617. The van der Waals surface area contributed by atoms with Crippen LogP contribution in [-0.2, 0) is 0 Å². The molecule has 1 aromatic rings. The summed E-state index contributed by atoms with van der Waals surface area (Å²) in [4.78, 5) is 16.6. The van der Waals surface area contributed by atoms with Gasteiger partial charge in [-0.15, -0.1) is 10.2 Å². The molecule has 0 aromatic carbocycles. The Hall–Kier alpha value is -1.69. The minimum Gasteiger partial charge on any atom is -0.372 e. The van der Waals surface area contributed by atoms with E-state index >= 15 is 0 Å². The average Bonchev–Trinajstić information content (AvgIpc) is 2.47. The number of anilines is 1. The molecule has 0 radical (unpaired) electrons. The molecular weight excluding hydrogens is 254 g/mol. The molecule has 2 rings (SSSR count). The standard InChI is InChI=1S/C14H23N5O/c1-11(2)10-18-6-8-19(9-7-18)14(20)12-4-5-13(15-3)17-16-12/h4-5,11H,6-10H2,1-3H3,(H,15,17). The molecule has 1 aliphatic heterocycles. The third-order valence-corrected chi connectivity index (χ3v) is 3.42. The Morgan fingerprint density at radius 1 is 1.25 bits per heavy atom. The zero-order valence-corrected chi connectivity index (χ0v) is 12.5. The van der Waals surface area contributed by atoms with E-state index in [0.29, 0.717) is 17.4 Å². The summed E-state index contributed by atoms with van der Waals surface area (Å²) >= 11 is 0. The number of nitrogens with zero attached hydrogens (tertiary/aromatic N) is 4. The fourth-order valence-electron chi connectivity index (χ4n) is 2.39.